The maximum absolute atomic E-state index is 13.5. The summed E-state index contributed by atoms with van der Waals surface area (Å²) >= 11 is 3.39. The summed E-state index contributed by atoms with van der Waals surface area (Å²) in [6.45, 7) is 4.89. The highest BCUT2D eigenvalue weighted by Crippen LogP contribution is 2.53. The van der Waals surface area contributed by atoms with E-state index in [0.29, 0.717) is 15.7 Å². The molecular formula is C21H23BrN2O7. The second kappa shape index (κ2) is 8.72. The molecule has 0 saturated carbocycles. The van der Waals surface area contributed by atoms with Crippen molar-refractivity contribution in [3.63, 3.8) is 0 Å². The van der Waals surface area contributed by atoms with E-state index >= 15 is 0 Å². The van der Waals surface area contributed by atoms with Crippen LogP contribution in [0.25, 0.3) is 0 Å². The molecule has 9 nitrogen and oxygen atoms in total. The Kier molecular flexibility index (Phi) is 6.42. The van der Waals surface area contributed by atoms with Crippen molar-refractivity contribution in [2.45, 2.75) is 32.3 Å². The molecule has 0 aromatic heterocycles. The molecule has 0 unspecified atom stereocenters. The zero-order valence-corrected chi connectivity index (χ0v) is 19.1. The normalized spacial score (nSPS) is 20.0. The second-order valence-electron chi connectivity index (χ2n) is 7.25. The SMILES string of the molecule is COCCOC(=O)C1=C(N)OC(C)=C(C(=O)OC(C)C)[C@]12C(=O)Nc1ccc(Br)cc12. The van der Waals surface area contributed by atoms with Crippen molar-refractivity contribution in [2.75, 3.05) is 25.6 Å². The van der Waals surface area contributed by atoms with Crippen LogP contribution in [0.4, 0.5) is 5.69 Å². The third-order valence-electron chi connectivity index (χ3n) is 4.86. The molecule has 0 radical (unpaired) electrons. The second-order valence-corrected chi connectivity index (χ2v) is 8.16. The van der Waals surface area contributed by atoms with E-state index in [-0.39, 0.29) is 36.0 Å². The number of rotatable bonds is 6. The number of hydrogen-bond acceptors (Lipinski definition) is 8. The van der Waals surface area contributed by atoms with Crippen LogP contribution in [0.1, 0.15) is 26.3 Å². The van der Waals surface area contributed by atoms with E-state index in [1.807, 2.05) is 0 Å². The van der Waals surface area contributed by atoms with Gasteiger partial charge in [0.1, 0.15) is 28.9 Å². The van der Waals surface area contributed by atoms with Crippen molar-refractivity contribution >= 4 is 39.5 Å². The topological polar surface area (TPSA) is 126 Å². The number of nitrogens with one attached hydrogen (secondary N) is 1. The summed E-state index contributed by atoms with van der Waals surface area (Å²) in [7, 11) is 1.46. The Morgan fingerprint density at radius 2 is 1.94 bits per heavy atom. The molecule has 0 bridgehead atoms. The van der Waals surface area contributed by atoms with E-state index < -0.39 is 29.4 Å². The van der Waals surface area contributed by atoms with Gasteiger partial charge in [0.05, 0.1) is 12.7 Å². The molecule has 0 aliphatic carbocycles. The quantitative estimate of drug-likeness (QED) is 0.455. The van der Waals surface area contributed by atoms with Crippen LogP contribution >= 0.6 is 15.9 Å². The lowest BCUT2D eigenvalue weighted by atomic mass is 9.67. The van der Waals surface area contributed by atoms with Crippen LogP contribution in [-0.4, -0.2) is 44.3 Å². The van der Waals surface area contributed by atoms with E-state index in [1.54, 1.807) is 32.0 Å². The zero-order valence-electron chi connectivity index (χ0n) is 17.5. The first kappa shape index (κ1) is 22.8. The minimum atomic E-state index is -1.90. The fourth-order valence-electron chi connectivity index (χ4n) is 3.72. The van der Waals surface area contributed by atoms with E-state index in [4.69, 9.17) is 24.7 Å². The molecule has 2 heterocycles. The zero-order chi connectivity index (χ0) is 22.9. The van der Waals surface area contributed by atoms with Crippen molar-refractivity contribution < 1.29 is 33.3 Å². The molecule has 2 aliphatic rings. The number of carbonyl (C=O) groups excluding carboxylic acids is 3. The molecule has 0 saturated heterocycles. The van der Waals surface area contributed by atoms with Crippen LogP contribution in [0, 0.1) is 0 Å². The third-order valence-corrected chi connectivity index (χ3v) is 5.35. The highest BCUT2D eigenvalue weighted by atomic mass is 79.9. The predicted molar refractivity (Wildman–Crippen MR) is 114 cm³/mol. The number of carbonyl (C=O) groups is 3. The molecule has 1 aromatic carbocycles. The van der Waals surface area contributed by atoms with Gasteiger partial charge in [-0.2, -0.15) is 0 Å². The molecule has 1 atom stereocenters. The fourth-order valence-corrected chi connectivity index (χ4v) is 4.09. The van der Waals surface area contributed by atoms with Gasteiger partial charge in [0.2, 0.25) is 11.8 Å². The van der Waals surface area contributed by atoms with Crippen LogP contribution in [-0.2, 0) is 38.7 Å². The number of nitrogens with two attached hydrogens (primary N) is 1. The first-order valence-corrected chi connectivity index (χ1v) is 10.3. The lowest BCUT2D eigenvalue weighted by molar-refractivity contribution is -0.146. The molecule has 3 N–H and O–H groups in total. The molecule has 10 heteroatoms. The number of hydrogen-bond donors (Lipinski definition) is 2. The van der Waals surface area contributed by atoms with E-state index in [1.165, 1.54) is 14.0 Å². The Bertz CT molecular complexity index is 1010. The number of fused-ring (bicyclic) bond motifs is 2. The molecular weight excluding hydrogens is 472 g/mol. The van der Waals surface area contributed by atoms with Crippen molar-refractivity contribution in [1.82, 2.24) is 0 Å². The van der Waals surface area contributed by atoms with Gasteiger partial charge in [-0.05, 0) is 39.0 Å². The van der Waals surface area contributed by atoms with Crippen LogP contribution < -0.4 is 11.1 Å². The van der Waals surface area contributed by atoms with E-state index in [0.717, 1.165) is 0 Å². The van der Waals surface area contributed by atoms with Crippen molar-refractivity contribution in [1.29, 1.82) is 0 Å². The summed E-state index contributed by atoms with van der Waals surface area (Å²) in [5, 5.41) is 2.74. The number of allylic oxidation sites excluding steroid dienone is 1. The summed E-state index contributed by atoms with van der Waals surface area (Å²) in [6, 6.07) is 5.03. The van der Waals surface area contributed by atoms with Crippen LogP contribution in [0.2, 0.25) is 0 Å². The number of anilines is 1. The van der Waals surface area contributed by atoms with E-state index in [9.17, 15) is 14.4 Å². The molecule has 166 valence electrons. The summed E-state index contributed by atoms with van der Waals surface area (Å²) < 4.78 is 21.7. The van der Waals surface area contributed by atoms with Gasteiger partial charge in [0.25, 0.3) is 0 Å². The Morgan fingerprint density at radius 3 is 2.58 bits per heavy atom. The van der Waals surface area contributed by atoms with Gasteiger partial charge in [-0.25, -0.2) is 9.59 Å². The monoisotopic (exact) mass is 494 g/mol. The van der Waals surface area contributed by atoms with Gasteiger partial charge in [0.15, 0.2) is 0 Å². The number of benzene rings is 1. The lowest BCUT2D eigenvalue weighted by Crippen LogP contribution is -2.48. The van der Waals surface area contributed by atoms with Crippen LogP contribution in [0.15, 0.2) is 45.5 Å². The Morgan fingerprint density at radius 1 is 1.23 bits per heavy atom. The molecule has 31 heavy (non-hydrogen) atoms. The highest BCUT2D eigenvalue weighted by Gasteiger charge is 2.62. The maximum atomic E-state index is 13.5. The van der Waals surface area contributed by atoms with Crippen molar-refractivity contribution in [3.05, 3.63) is 51.0 Å². The molecule has 1 amide bonds. The largest absolute Gasteiger partial charge is 0.460 e. The lowest BCUT2D eigenvalue weighted by Gasteiger charge is -2.35. The van der Waals surface area contributed by atoms with Crippen molar-refractivity contribution in [3.8, 4) is 0 Å². The number of amides is 1. The Labute approximate surface area is 187 Å². The van der Waals surface area contributed by atoms with Gasteiger partial charge in [-0.1, -0.05) is 15.9 Å². The van der Waals surface area contributed by atoms with Gasteiger partial charge in [0, 0.05) is 22.8 Å². The van der Waals surface area contributed by atoms with Crippen molar-refractivity contribution in [2.24, 2.45) is 5.73 Å². The Hall–Kier alpha value is -2.85. The molecule has 3 rings (SSSR count). The van der Waals surface area contributed by atoms with Crippen LogP contribution in [0.5, 0.6) is 0 Å². The molecule has 1 aromatic rings. The number of ether oxygens (including phenoxy) is 4. The van der Waals surface area contributed by atoms with Gasteiger partial charge in [-0.3, -0.25) is 4.79 Å². The van der Waals surface area contributed by atoms with Gasteiger partial charge < -0.3 is 30.0 Å². The number of methoxy groups -OCH3 is 1. The van der Waals surface area contributed by atoms with Crippen LogP contribution in [0.3, 0.4) is 0 Å². The standard InChI is InChI=1S/C21H23BrN2O7/c1-10(2)30-19(26)15-11(3)31-17(23)16(18(25)29-8-7-28-4)21(15)13-9-12(22)5-6-14(13)24-20(21)27/h5-6,9-10H,7-8,23H2,1-4H3,(H,24,27)/t21-/m0/s1. The third kappa shape index (κ3) is 3.81. The average molecular weight is 495 g/mol. The average Bonchev–Trinajstić information content (AvgIpc) is 2.93. The maximum Gasteiger partial charge on any atom is 0.341 e. The minimum Gasteiger partial charge on any atom is -0.460 e. The first-order chi connectivity index (χ1) is 14.6. The number of esters is 2. The Balaban J connectivity index is 2.29. The number of halogens is 1. The van der Waals surface area contributed by atoms with Gasteiger partial charge in [-0.15, -0.1) is 0 Å². The summed E-state index contributed by atoms with van der Waals surface area (Å²) in [5.74, 6) is -2.62. The molecule has 2 aliphatic heterocycles. The first-order valence-electron chi connectivity index (χ1n) is 9.52. The predicted octanol–water partition coefficient (Wildman–Crippen LogP) is 2.25. The molecule has 0 fully saturated rings. The smallest absolute Gasteiger partial charge is 0.341 e. The summed E-state index contributed by atoms with van der Waals surface area (Å²) in [5.41, 5.74) is 4.55. The highest BCUT2D eigenvalue weighted by molar-refractivity contribution is 9.10. The van der Waals surface area contributed by atoms with E-state index in [2.05, 4.69) is 21.2 Å². The summed E-state index contributed by atoms with van der Waals surface area (Å²) in [6.07, 6.45) is -0.475. The minimum absolute atomic E-state index is 0.0552. The molecule has 1 spiro atoms. The summed E-state index contributed by atoms with van der Waals surface area (Å²) in [4.78, 5) is 39.8. The van der Waals surface area contributed by atoms with Gasteiger partial charge >= 0.3 is 11.9 Å². The fraction of sp³-hybridized carbons (Fsp3) is 0.381.